The van der Waals surface area contributed by atoms with Crippen molar-refractivity contribution >= 4 is 0 Å². The van der Waals surface area contributed by atoms with Crippen molar-refractivity contribution in [3.8, 4) is 0 Å². The minimum Gasteiger partial charge on any atom is -0.371 e. The maximum absolute atomic E-state index is 5.82. The molecule has 0 aromatic rings. The topological polar surface area (TPSA) is 18.5 Å². The second-order valence-corrected chi connectivity index (χ2v) is 4.17. The second-order valence-electron chi connectivity index (χ2n) is 4.17. The molecule has 2 rings (SSSR count). The lowest BCUT2D eigenvalue weighted by Gasteiger charge is -2.37. The van der Waals surface area contributed by atoms with Gasteiger partial charge in [0, 0.05) is 0 Å². The normalized spacial score (nSPS) is 38.2. The van der Waals surface area contributed by atoms with Gasteiger partial charge in [0.25, 0.3) is 0 Å². The van der Waals surface area contributed by atoms with Gasteiger partial charge in [0.15, 0.2) is 0 Å². The molecular formula is C12H18O2. The molecule has 0 N–H and O–H groups in total. The van der Waals surface area contributed by atoms with Crippen LogP contribution in [0.4, 0.5) is 0 Å². The Morgan fingerprint density at radius 2 is 2.00 bits per heavy atom. The van der Waals surface area contributed by atoms with E-state index in [4.69, 9.17) is 9.47 Å². The van der Waals surface area contributed by atoms with Gasteiger partial charge in [-0.05, 0) is 26.2 Å². The minimum atomic E-state index is -0.110. The third-order valence-electron chi connectivity index (χ3n) is 3.04. The molecule has 2 aliphatic rings. The standard InChI is InChI=1S/C12H18O2/c1-12(8-4-6-10-14-12)11-7-3-2-5-9-13-11/h2,4-6,11H,3,7-10H2,1H3/t11-,12-/m1/s1. The van der Waals surface area contributed by atoms with E-state index in [9.17, 15) is 0 Å². The molecule has 0 saturated heterocycles. The van der Waals surface area contributed by atoms with E-state index in [1.54, 1.807) is 0 Å². The summed E-state index contributed by atoms with van der Waals surface area (Å²) in [6, 6.07) is 0. The molecule has 2 heterocycles. The molecule has 0 spiro atoms. The molecule has 14 heavy (non-hydrogen) atoms. The fourth-order valence-electron chi connectivity index (χ4n) is 2.08. The van der Waals surface area contributed by atoms with Gasteiger partial charge < -0.3 is 9.47 Å². The van der Waals surface area contributed by atoms with Gasteiger partial charge in [-0.3, -0.25) is 0 Å². The summed E-state index contributed by atoms with van der Waals surface area (Å²) in [7, 11) is 0. The maximum Gasteiger partial charge on any atom is 0.0953 e. The van der Waals surface area contributed by atoms with Gasteiger partial charge in [0.1, 0.15) is 0 Å². The van der Waals surface area contributed by atoms with Gasteiger partial charge in [0.05, 0.1) is 24.9 Å². The van der Waals surface area contributed by atoms with Crippen LogP contribution >= 0.6 is 0 Å². The fourth-order valence-corrected chi connectivity index (χ4v) is 2.08. The smallest absolute Gasteiger partial charge is 0.0953 e. The van der Waals surface area contributed by atoms with Crippen LogP contribution in [0.15, 0.2) is 24.3 Å². The van der Waals surface area contributed by atoms with E-state index in [1.807, 2.05) is 0 Å². The van der Waals surface area contributed by atoms with Gasteiger partial charge in [-0.2, -0.15) is 0 Å². The van der Waals surface area contributed by atoms with Crippen molar-refractivity contribution < 1.29 is 9.47 Å². The Kier molecular flexibility index (Phi) is 3.04. The third kappa shape index (κ3) is 2.07. The Labute approximate surface area is 85.6 Å². The van der Waals surface area contributed by atoms with Gasteiger partial charge in [-0.25, -0.2) is 0 Å². The average Bonchev–Trinajstić information content (AvgIpc) is 2.47. The van der Waals surface area contributed by atoms with E-state index in [0.29, 0.717) is 0 Å². The van der Waals surface area contributed by atoms with Gasteiger partial charge in [0.2, 0.25) is 0 Å². The number of rotatable bonds is 1. The molecule has 0 saturated carbocycles. The molecule has 2 aliphatic heterocycles. The average molecular weight is 194 g/mol. The van der Waals surface area contributed by atoms with Crippen molar-refractivity contribution in [1.29, 1.82) is 0 Å². The Morgan fingerprint density at radius 3 is 2.79 bits per heavy atom. The quantitative estimate of drug-likeness (QED) is 0.597. The molecule has 2 heteroatoms. The fraction of sp³-hybridized carbons (Fsp3) is 0.667. The van der Waals surface area contributed by atoms with Crippen LogP contribution in [0.3, 0.4) is 0 Å². The van der Waals surface area contributed by atoms with Crippen molar-refractivity contribution in [1.82, 2.24) is 0 Å². The lowest BCUT2D eigenvalue weighted by molar-refractivity contribution is -0.128. The van der Waals surface area contributed by atoms with Crippen LogP contribution in [-0.4, -0.2) is 24.9 Å². The first-order valence-corrected chi connectivity index (χ1v) is 5.37. The lowest BCUT2D eigenvalue weighted by atomic mass is 9.90. The van der Waals surface area contributed by atoms with E-state index in [0.717, 1.165) is 32.5 Å². The molecule has 2 atom stereocenters. The summed E-state index contributed by atoms with van der Waals surface area (Å²) in [5.74, 6) is 0. The van der Waals surface area contributed by atoms with Crippen LogP contribution in [0.2, 0.25) is 0 Å². The first-order chi connectivity index (χ1) is 6.81. The summed E-state index contributed by atoms with van der Waals surface area (Å²) >= 11 is 0. The minimum absolute atomic E-state index is 0.110. The molecule has 2 nitrogen and oxygen atoms in total. The zero-order chi connectivity index (χ0) is 9.86. The molecule has 0 bridgehead atoms. The van der Waals surface area contributed by atoms with Gasteiger partial charge >= 0.3 is 0 Å². The highest BCUT2D eigenvalue weighted by molar-refractivity contribution is 5.01. The number of ether oxygens (including phenoxy) is 2. The number of hydrogen-bond donors (Lipinski definition) is 0. The molecule has 0 fully saturated rings. The first-order valence-electron chi connectivity index (χ1n) is 5.37. The summed E-state index contributed by atoms with van der Waals surface area (Å²) in [5, 5.41) is 0. The number of hydrogen-bond acceptors (Lipinski definition) is 2. The zero-order valence-electron chi connectivity index (χ0n) is 8.74. The van der Waals surface area contributed by atoms with Crippen LogP contribution in [-0.2, 0) is 9.47 Å². The number of allylic oxidation sites excluding steroid dienone is 1. The molecular weight excluding hydrogens is 176 g/mol. The predicted molar refractivity (Wildman–Crippen MR) is 56.2 cm³/mol. The highest BCUT2D eigenvalue weighted by Gasteiger charge is 2.35. The molecule has 0 aromatic carbocycles. The zero-order valence-corrected chi connectivity index (χ0v) is 8.74. The summed E-state index contributed by atoms with van der Waals surface area (Å²) in [4.78, 5) is 0. The van der Waals surface area contributed by atoms with Crippen LogP contribution in [0.1, 0.15) is 26.2 Å². The Balaban J connectivity index is 2.01. The van der Waals surface area contributed by atoms with Crippen molar-refractivity contribution in [3.05, 3.63) is 24.3 Å². The van der Waals surface area contributed by atoms with Crippen LogP contribution in [0.25, 0.3) is 0 Å². The van der Waals surface area contributed by atoms with E-state index in [1.165, 1.54) is 0 Å². The van der Waals surface area contributed by atoms with Crippen LogP contribution < -0.4 is 0 Å². The van der Waals surface area contributed by atoms with Crippen molar-refractivity contribution in [3.63, 3.8) is 0 Å². The highest BCUT2D eigenvalue weighted by Crippen LogP contribution is 2.30. The largest absolute Gasteiger partial charge is 0.371 e. The molecule has 0 amide bonds. The second kappa shape index (κ2) is 4.28. The van der Waals surface area contributed by atoms with E-state index in [-0.39, 0.29) is 11.7 Å². The van der Waals surface area contributed by atoms with E-state index < -0.39 is 0 Å². The van der Waals surface area contributed by atoms with Crippen molar-refractivity contribution in [2.45, 2.75) is 37.9 Å². The van der Waals surface area contributed by atoms with E-state index in [2.05, 4.69) is 31.2 Å². The molecule has 0 radical (unpaired) electrons. The first kappa shape index (κ1) is 9.94. The molecule has 0 aliphatic carbocycles. The summed E-state index contributed by atoms with van der Waals surface area (Å²) in [6.45, 7) is 3.61. The highest BCUT2D eigenvalue weighted by atomic mass is 16.5. The Hall–Kier alpha value is -0.600. The lowest BCUT2D eigenvalue weighted by Crippen LogP contribution is -2.44. The van der Waals surface area contributed by atoms with Gasteiger partial charge in [-0.1, -0.05) is 24.3 Å². The van der Waals surface area contributed by atoms with E-state index >= 15 is 0 Å². The van der Waals surface area contributed by atoms with Crippen LogP contribution in [0.5, 0.6) is 0 Å². The summed E-state index contributed by atoms with van der Waals surface area (Å²) < 4.78 is 11.6. The molecule has 78 valence electrons. The monoisotopic (exact) mass is 194 g/mol. The maximum atomic E-state index is 5.82. The molecule has 0 unspecified atom stereocenters. The SMILES string of the molecule is C[C@]1([C@H]2CCC=CCO2)CC=CCO1. The van der Waals surface area contributed by atoms with Crippen molar-refractivity contribution in [2.75, 3.05) is 13.2 Å². The third-order valence-corrected chi connectivity index (χ3v) is 3.04. The Morgan fingerprint density at radius 1 is 1.14 bits per heavy atom. The van der Waals surface area contributed by atoms with Crippen molar-refractivity contribution in [2.24, 2.45) is 0 Å². The summed E-state index contributed by atoms with van der Waals surface area (Å²) in [5.41, 5.74) is -0.110. The molecule has 0 aromatic heterocycles. The van der Waals surface area contributed by atoms with Gasteiger partial charge in [-0.15, -0.1) is 0 Å². The Bertz CT molecular complexity index is 235. The van der Waals surface area contributed by atoms with Crippen LogP contribution in [0, 0.1) is 0 Å². The summed E-state index contributed by atoms with van der Waals surface area (Å²) in [6.07, 6.45) is 12.0. The predicted octanol–water partition coefficient (Wildman–Crippen LogP) is 2.46.